The fraction of sp³-hybridized carbons (Fsp3) is 0. The highest BCUT2D eigenvalue weighted by atomic mass is 14.9. The first kappa shape index (κ1) is 57.2. The first-order chi connectivity index (χ1) is 43.1. The molecular weight excluding hydrogens is 1050 g/mol. The molecule has 15 aromatic carbocycles. The summed E-state index contributed by atoms with van der Waals surface area (Å²) in [6.45, 7) is 0. The van der Waals surface area contributed by atoms with Crippen LogP contribution in [0, 0.1) is 0 Å². The number of rotatable bonds is 11. The first-order valence-electron chi connectivity index (χ1n) is 29.3. The molecule has 0 aliphatic carbocycles. The Morgan fingerprint density at radius 3 is 0.839 bits per heavy atom. The Morgan fingerprint density at radius 2 is 0.414 bits per heavy atom. The normalized spacial score (nSPS) is 10.3. The van der Waals surface area contributed by atoms with Crippen molar-refractivity contribution < 1.29 is 0 Å². The second-order valence-corrected chi connectivity index (χ2v) is 20.5. The van der Waals surface area contributed by atoms with Crippen molar-refractivity contribution in [2.24, 2.45) is 0 Å². The van der Waals surface area contributed by atoms with Crippen molar-refractivity contribution in [2.45, 2.75) is 0 Å². The monoisotopic (exact) mass is 1120 g/mol. The van der Waals surface area contributed by atoms with E-state index in [1.807, 2.05) is 121 Å². The number of hydrogen-bond acceptors (Lipinski definition) is 5. The molecule has 0 atom stereocenters. The van der Waals surface area contributed by atoms with Crippen LogP contribution in [0.4, 0.5) is 56.9 Å². The average Bonchev–Trinajstić information content (AvgIpc) is 3.64. The molecule has 0 radical (unpaired) electrons. The fourth-order valence-electron chi connectivity index (χ4n) is 10.1. The van der Waals surface area contributed by atoms with Gasteiger partial charge in [-0.05, 0) is 141 Å². The van der Waals surface area contributed by atoms with Gasteiger partial charge < -0.3 is 26.6 Å². The van der Waals surface area contributed by atoms with Gasteiger partial charge in [-0.15, -0.1) is 0 Å². The maximum absolute atomic E-state index is 3.59. The lowest BCUT2D eigenvalue weighted by Gasteiger charge is -2.12. The minimum atomic E-state index is 1.10. The van der Waals surface area contributed by atoms with Crippen molar-refractivity contribution >= 4 is 100.0 Å². The van der Waals surface area contributed by atoms with Crippen LogP contribution in [0.3, 0.4) is 0 Å². The van der Waals surface area contributed by atoms with Crippen LogP contribution in [-0.2, 0) is 0 Å². The third kappa shape index (κ3) is 16.5. The summed E-state index contributed by atoms with van der Waals surface area (Å²) in [6.07, 6.45) is 0. The van der Waals surface area contributed by atoms with E-state index in [0.29, 0.717) is 0 Å². The summed E-state index contributed by atoms with van der Waals surface area (Å²) in [4.78, 5) is 0. The molecule has 15 aromatic rings. The van der Waals surface area contributed by atoms with Gasteiger partial charge in [-0.2, -0.15) is 0 Å². The van der Waals surface area contributed by atoms with Crippen LogP contribution < -0.4 is 26.6 Å². The van der Waals surface area contributed by atoms with Crippen molar-refractivity contribution in [1.82, 2.24) is 0 Å². The zero-order valence-electron chi connectivity index (χ0n) is 48.3. The molecule has 87 heavy (non-hydrogen) atoms. The Kier molecular flexibility index (Phi) is 19.8. The van der Waals surface area contributed by atoms with Crippen LogP contribution in [0.1, 0.15) is 0 Å². The Balaban J connectivity index is 0.000000114. The van der Waals surface area contributed by atoms with Crippen molar-refractivity contribution in [1.29, 1.82) is 0 Å². The molecule has 0 amide bonds. The van der Waals surface area contributed by atoms with E-state index in [0.717, 1.165) is 56.9 Å². The number of benzene rings is 15. The van der Waals surface area contributed by atoms with E-state index in [1.54, 1.807) is 0 Å². The molecule has 0 aliphatic rings. The van der Waals surface area contributed by atoms with E-state index in [-0.39, 0.29) is 0 Å². The number of nitrogens with one attached hydrogen (secondary N) is 5. The molecule has 0 saturated heterocycles. The van der Waals surface area contributed by atoms with Crippen LogP contribution in [0.2, 0.25) is 0 Å². The lowest BCUT2D eigenvalue weighted by Crippen LogP contribution is -1.92. The first-order valence-corrected chi connectivity index (χ1v) is 29.3. The van der Waals surface area contributed by atoms with Crippen molar-refractivity contribution in [3.63, 3.8) is 0 Å². The van der Waals surface area contributed by atoms with Crippen molar-refractivity contribution in [2.75, 3.05) is 26.6 Å². The zero-order chi connectivity index (χ0) is 58.9. The molecule has 0 fully saturated rings. The standard InChI is InChI=1S/C20H15N.C18H15N.2C16H13N.C12H11N/c1-3-11-17-15(7-1)9-5-13-19(17)21-20-14-6-10-16-8-2-4-12-18(16)20;1-3-8-15(9-4-1)16-10-7-13-18(14-16)19-17-11-5-2-6-12-17;1-2-9-14(10-3-1)17-16-12-6-8-13-7-4-5-11-15(13)16;1-2-8-15(9-3-1)17-16-11-10-13-6-4-5-7-14(13)12-16;1-3-7-11(8-4-1)13-12-9-5-2-6-10-12/h1-14,21H;1-14,19H;2*1-12,17H;1-10,13H. The van der Waals surface area contributed by atoms with Crippen LogP contribution in [0.5, 0.6) is 0 Å². The molecule has 15 rings (SSSR count). The SMILES string of the molecule is c1ccc(Nc2ccc3ccccc3c2)cc1.c1ccc(Nc2cccc(-c3ccccc3)c2)cc1.c1ccc(Nc2cccc3ccccc23)cc1.c1ccc(Nc2ccccc2)cc1.c1ccc2c(Nc3cccc4ccccc34)cccc2c1. The second kappa shape index (κ2) is 30.1. The van der Waals surface area contributed by atoms with Gasteiger partial charge in [-0.3, -0.25) is 0 Å². The van der Waals surface area contributed by atoms with Gasteiger partial charge in [0.25, 0.3) is 0 Å². The molecule has 0 heterocycles. The summed E-state index contributed by atoms with van der Waals surface area (Å²) < 4.78 is 0. The summed E-state index contributed by atoms with van der Waals surface area (Å²) in [7, 11) is 0. The minimum absolute atomic E-state index is 1.10. The molecule has 0 unspecified atom stereocenters. The second-order valence-electron chi connectivity index (χ2n) is 20.5. The highest BCUT2D eigenvalue weighted by Gasteiger charge is 2.05. The van der Waals surface area contributed by atoms with E-state index >= 15 is 0 Å². The van der Waals surface area contributed by atoms with Gasteiger partial charge in [-0.25, -0.2) is 0 Å². The van der Waals surface area contributed by atoms with Crippen LogP contribution in [0.15, 0.2) is 376 Å². The largest absolute Gasteiger partial charge is 0.356 e. The van der Waals surface area contributed by atoms with Crippen molar-refractivity contribution in [3.8, 4) is 11.1 Å². The van der Waals surface area contributed by atoms with E-state index in [9.17, 15) is 0 Å². The molecule has 420 valence electrons. The molecule has 0 aromatic heterocycles. The highest BCUT2D eigenvalue weighted by molar-refractivity contribution is 6.01. The summed E-state index contributed by atoms with van der Waals surface area (Å²) in [5.74, 6) is 0. The molecule has 5 heteroatoms. The van der Waals surface area contributed by atoms with Crippen LogP contribution in [0.25, 0.3) is 54.2 Å². The molecule has 0 aliphatic heterocycles. The number of hydrogen-bond donors (Lipinski definition) is 5. The predicted octanol–water partition coefficient (Wildman–Crippen LogP) is 23.4. The lowest BCUT2D eigenvalue weighted by atomic mass is 10.1. The summed E-state index contributed by atoms with van der Waals surface area (Å²) in [5.41, 5.74) is 13.7. The Bertz CT molecular complexity index is 4390. The van der Waals surface area contributed by atoms with Gasteiger partial charge in [-0.1, -0.05) is 273 Å². The molecule has 0 spiro atoms. The smallest absolute Gasteiger partial charge is 0.0464 e. The van der Waals surface area contributed by atoms with Crippen LogP contribution in [-0.4, -0.2) is 0 Å². The van der Waals surface area contributed by atoms with Gasteiger partial charge in [0, 0.05) is 73.0 Å². The third-order valence-corrected chi connectivity index (χ3v) is 14.4. The summed E-state index contributed by atoms with van der Waals surface area (Å²) in [5, 5.41) is 27.2. The van der Waals surface area contributed by atoms with Crippen LogP contribution >= 0.6 is 0 Å². The van der Waals surface area contributed by atoms with Crippen molar-refractivity contribution in [3.05, 3.63) is 376 Å². The zero-order valence-corrected chi connectivity index (χ0v) is 48.3. The molecule has 0 bridgehead atoms. The highest BCUT2D eigenvalue weighted by Crippen LogP contribution is 2.32. The minimum Gasteiger partial charge on any atom is -0.356 e. The number of fused-ring (bicyclic) bond motifs is 4. The average molecular weight is 1120 g/mol. The van der Waals surface area contributed by atoms with Gasteiger partial charge in [0.15, 0.2) is 0 Å². The molecule has 5 nitrogen and oxygen atoms in total. The number of para-hydroxylation sites is 5. The molecule has 5 N–H and O–H groups in total. The summed E-state index contributed by atoms with van der Waals surface area (Å²) in [6, 6.07) is 129. The maximum atomic E-state index is 3.59. The van der Waals surface area contributed by atoms with Gasteiger partial charge in [0.05, 0.1) is 0 Å². The topological polar surface area (TPSA) is 60.1 Å². The van der Waals surface area contributed by atoms with E-state index in [1.165, 1.54) is 54.2 Å². The fourth-order valence-corrected chi connectivity index (χ4v) is 10.1. The number of anilines is 10. The maximum Gasteiger partial charge on any atom is 0.0464 e. The van der Waals surface area contributed by atoms with E-state index in [2.05, 4.69) is 281 Å². The van der Waals surface area contributed by atoms with E-state index in [4.69, 9.17) is 0 Å². The Labute approximate surface area is 511 Å². The Morgan fingerprint density at radius 1 is 0.138 bits per heavy atom. The molecule has 0 saturated carbocycles. The van der Waals surface area contributed by atoms with Gasteiger partial charge >= 0.3 is 0 Å². The molecular formula is C82H67N5. The Hall–Kier alpha value is -11.7. The third-order valence-electron chi connectivity index (χ3n) is 14.4. The predicted molar refractivity (Wildman–Crippen MR) is 376 cm³/mol. The van der Waals surface area contributed by atoms with Gasteiger partial charge in [0.1, 0.15) is 0 Å². The van der Waals surface area contributed by atoms with E-state index < -0.39 is 0 Å². The quantitative estimate of drug-likeness (QED) is 0.0894. The summed E-state index contributed by atoms with van der Waals surface area (Å²) >= 11 is 0. The lowest BCUT2D eigenvalue weighted by molar-refractivity contribution is 1.54. The van der Waals surface area contributed by atoms with Gasteiger partial charge in [0.2, 0.25) is 0 Å².